The molecular weight excluding hydrogens is 360 g/mol. The van der Waals surface area contributed by atoms with Crippen LogP contribution in [0.25, 0.3) is 22.3 Å². The van der Waals surface area contributed by atoms with Crippen molar-refractivity contribution in [1.82, 2.24) is 0 Å². The minimum atomic E-state index is 1.19. The molecule has 0 bridgehead atoms. The molecule has 0 aliphatic carbocycles. The first kappa shape index (κ1) is 22.3. The second kappa shape index (κ2) is 11.7. The number of rotatable bonds is 11. The van der Waals surface area contributed by atoms with E-state index in [4.69, 9.17) is 0 Å². The van der Waals surface area contributed by atoms with Crippen molar-refractivity contribution in [1.29, 1.82) is 0 Å². The maximum Gasteiger partial charge on any atom is -0.0103 e. The number of unbranched alkanes of at least 4 members (excludes halogenated alkanes) is 3. The molecule has 0 nitrogen and oxygen atoms in total. The molecule has 3 aromatic carbocycles. The molecule has 158 valence electrons. The van der Waals surface area contributed by atoms with Crippen molar-refractivity contribution >= 4 is 0 Å². The molecular formula is C30H38. The highest BCUT2D eigenvalue weighted by molar-refractivity contribution is 5.85. The van der Waals surface area contributed by atoms with Gasteiger partial charge in [-0.3, -0.25) is 0 Å². The molecule has 0 aliphatic heterocycles. The highest BCUT2D eigenvalue weighted by Crippen LogP contribution is 2.37. The normalized spacial score (nSPS) is 11.0. The first-order chi connectivity index (χ1) is 14.8. The molecule has 30 heavy (non-hydrogen) atoms. The van der Waals surface area contributed by atoms with Crippen LogP contribution in [-0.2, 0) is 19.3 Å². The molecule has 0 saturated heterocycles. The van der Waals surface area contributed by atoms with Gasteiger partial charge in [-0.2, -0.15) is 0 Å². The number of hydrogen-bond acceptors (Lipinski definition) is 0. The van der Waals surface area contributed by atoms with E-state index in [1.807, 2.05) is 0 Å². The fraction of sp³-hybridized carbons (Fsp3) is 0.400. The third kappa shape index (κ3) is 5.42. The van der Waals surface area contributed by atoms with Crippen LogP contribution in [-0.4, -0.2) is 0 Å². The van der Waals surface area contributed by atoms with Crippen LogP contribution < -0.4 is 0 Å². The molecule has 0 fully saturated rings. The van der Waals surface area contributed by atoms with E-state index in [-0.39, 0.29) is 0 Å². The summed E-state index contributed by atoms with van der Waals surface area (Å²) in [5, 5.41) is 0. The third-order valence-electron chi connectivity index (χ3n) is 6.19. The number of hydrogen-bond donors (Lipinski definition) is 0. The monoisotopic (exact) mass is 398 g/mol. The topological polar surface area (TPSA) is 0 Å². The summed E-state index contributed by atoms with van der Waals surface area (Å²) in [7, 11) is 0. The highest BCUT2D eigenvalue weighted by atomic mass is 14.2. The maximum absolute atomic E-state index is 2.44. The second-order valence-corrected chi connectivity index (χ2v) is 8.45. The summed E-state index contributed by atoms with van der Waals surface area (Å²) < 4.78 is 0. The second-order valence-electron chi connectivity index (χ2n) is 8.45. The molecule has 0 aliphatic rings. The van der Waals surface area contributed by atoms with Gasteiger partial charge in [-0.15, -0.1) is 0 Å². The van der Waals surface area contributed by atoms with Gasteiger partial charge in [-0.25, -0.2) is 0 Å². The Morgan fingerprint density at radius 3 is 1.70 bits per heavy atom. The minimum Gasteiger partial charge on any atom is -0.0654 e. The Bertz CT molecular complexity index is 905. The average Bonchev–Trinajstić information content (AvgIpc) is 2.80. The zero-order valence-corrected chi connectivity index (χ0v) is 19.2. The predicted molar refractivity (Wildman–Crippen MR) is 133 cm³/mol. The van der Waals surface area contributed by atoms with Gasteiger partial charge in [-0.05, 0) is 77.5 Å². The first-order valence-electron chi connectivity index (χ1n) is 12.1. The Labute approximate surface area is 184 Å². The molecule has 0 spiro atoms. The quantitative estimate of drug-likeness (QED) is 0.302. The third-order valence-corrected chi connectivity index (χ3v) is 6.19. The highest BCUT2D eigenvalue weighted by Gasteiger charge is 2.16. The van der Waals surface area contributed by atoms with Crippen LogP contribution in [0.3, 0.4) is 0 Å². The van der Waals surface area contributed by atoms with Crippen LogP contribution in [0.4, 0.5) is 0 Å². The van der Waals surface area contributed by atoms with E-state index in [9.17, 15) is 0 Å². The number of aryl methyl sites for hydroxylation is 1. The van der Waals surface area contributed by atoms with Crippen molar-refractivity contribution in [3.8, 4) is 22.3 Å². The molecule has 3 aromatic rings. The zero-order chi connectivity index (χ0) is 21.2. The molecule has 0 aromatic heterocycles. The molecule has 0 unspecified atom stereocenters. The lowest BCUT2D eigenvalue weighted by atomic mass is 9.83. The Balaban J connectivity index is 2.17. The summed E-state index contributed by atoms with van der Waals surface area (Å²) in [6.45, 7) is 6.92. The lowest BCUT2D eigenvalue weighted by Crippen LogP contribution is -2.04. The fourth-order valence-corrected chi connectivity index (χ4v) is 4.49. The van der Waals surface area contributed by atoms with E-state index >= 15 is 0 Å². The summed E-state index contributed by atoms with van der Waals surface area (Å²) in [5.41, 5.74) is 10.3. The van der Waals surface area contributed by atoms with Crippen LogP contribution in [0.5, 0.6) is 0 Å². The van der Waals surface area contributed by atoms with E-state index in [2.05, 4.69) is 87.5 Å². The van der Waals surface area contributed by atoms with Crippen molar-refractivity contribution in [2.24, 2.45) is 0 Å². The summed E-state index contributed by atoms with van der Waals surface area (Å²) in [4.78, 5) is 0. The minimum absolute atomic E-state index is 1.19. The molecule has 0 heteroatoms. The molecule has 0 saturated carbocycles. The van der Waals surface area contributed by atoms with E-state index in [1.165, 1.54) is 80.0 Å². The van der Waals surface area contributed by atoms with Gasteiger partial charge in [0.1, 0.15) is 0 Å². The predicted octanol–water partition coefficient (Wildman–Crippen LogP) is 9.05. The van der Waals surface area contributed by atoms with Crippen molar-refractivity contribution in [3.05, 3.63) is 83.4 Å². The van der Waals surface area contributed by atoms with Crippen molar-refractivity contribution in [3.63, 3.8) is 0 Å². The van der Waals surface area contributed by atoms with Crippen LogP contribution >= 0.6 is 0 Å². The van der Waals surface area contributed by atoms with Gasteiger partial charge < -0.3 is 0 Å². The van der Waals surface area contributed by atoms with Crippen molar-refractivity contribution < 1.29 is 0 Å². The van der Waals surface area contributed by atoms with Gasteiger partial charge in [-0.1, -0.05) is 107 Å². The SMILES string of the molecule is CCCCc1ccc(-c2ccccc2-c2ccccc2)c(CCCC)c1CCCC. The molecule has 0 amide bonds. The summed E-state index contributed by atoms with van der Waals surface area (Å²) in [5.74, 6) is 0. The molecule has 0 radical (unpaired) electrons. The summed E-state index contributed by atoms with van der Waals surface area (Å²) in [6, 6.07) is 24.7. The lowest BCUT2D eigenvalue weighted by Gasteiger charge is -2.21. The zero-order valence-electron chi connectivity index (χ0n) is 19.2. The van der Waals surface area contributed by atoms with Gasteiger partial charge in [0.2, 0.25) is 0 Å². The van der Waals surface area contributed by atoms with Crippen LogP contribution in [0, 0.1) is 0 Å². The van der Waals surface area contributed by atoms with Gasteiger partial charge in [0, 0.05) is 0 Å². The molecule has 0 heterocycles. The van der Waals surface area contributed by atoms with Crippen molar-refractivity contribution in [2.45, 2.75) is 78.6 Å². The van der Waals surface area contributed by atoms with Crippen molar-refractivity contribution in [2.75, 3.05) is 0 Å². The lowest BCUT2D eigenvalue weighted by molar-refractivity contribution is 0.736. The average molecular weight is 399 g/mol. The Hall–Kier alpha value is -2.34. The largest absolute Gasteiger partial charge is 0.0654 e. The fourth-order valence-electron chi connectivity index (χ4n) is 4.49. The molecule has 0 atom stereocenters. The van der Waals surface area contributed by atoms with E-state index in [1.54, 1.807) is 16.7 Å². The van der Waals surface area contributed by atoms with E-state index in [0.29, 0.717) is 0 Å². The molecule has 3 rings (SSSR count). The van der Waals surface area contributed by atoms with Gasteiger partial charge in [0.05, 0.1) is 0 Å². The maximum atomic E-state index is 2.44. The standard InChI is InChI=1S/C30H38/c1-4-7-15-25-22-23-30(28(19-9-6-3)26(25)18-8-5-2)29-21-14-13-20-27(29)24-16-11-10-12-17-24/h10-14,16-17,20-23H,4-9,15,18-19H2,1-3H3. The number of benzene rings is 3. The first-order valence-corrected chi connectivity index (χ1v) is 12.1. The Morgan fingerprint density at radius 2 is 1.03 bits per heavy atom. The van der Waals surface area contributed by atoms with Gasteiger partial charge in [0.25, 0.3) is 0 Å². The molecule has 0 N–H and O–H groups in total. The Kier molecular flexibility index (Phi) is 8.75. The smallest absolute Gasteiger partial charge is 0.0103 e. The van der Waals surface area contributed by atoms with Crippen LogP contribution in [0.15, 0.2) is 66.7 Å². The van der Waals surface area contributed by atoms with Gasteiger partial charge in [0.15, 0.2) is 0 Å². The van der Waals surface area contributed by atoms with Crippen LogP contribution in [0.1, 0.15) is 76.0 Å². The van der Waals surface area contributed by atoms with Gasteiger partial charge >= 0.3 is 0 Å². The summed E-state index contributed by atoms with van der Waals surface area (Å²) >= 11 is 0. The van der Waals surface area contributed by atoms with E-state index in [0.717, 1.165) is 0 Å². The summed E-state index contributed by atoms with van der Waals surface area (Å²) in [6.07, 6.45) is 11.2. The Morgan fingerprint density at radius 1 is 0.467 bits per heavy atom. The van der Waals surface area contributed by atoms with Crippen LogP contribution in [0.2, 0.25) is 0 Å². The van der Waals surface area contributed by atoms with E-state index < -0.39 is 0 Å².